The molecule has 0 spiro atoms. The quantitative estimate of drug-likeness (QED) is 0.826. The Morgan fingerprint density at radius 3 is 2.33 bits per heavy atom. The van der Waals surface area contributed by atoms with Gasteiger partial charge in [-0.25, -0.2) is 4.39 Å². The predicted octanol–water partition coefficient (Wildman–Crippen LogP) is 3.49. The van der Waals surface area contributed by atoms with Gasteiger partial charge in [0.05, 0.1) is 6.04 Å². The molecular weight excluding hydrogens is 307 g/mol. The van der Waals surface area contributed by atoms with Crippen molar-refractivity contribution in [1.82, 2.24) is 4.90 Å². The summed E-state index contributed by atoms with van der Waals surface area (Å²) in [5.74, 6) is -0.493. The van der Waals surface area contributed by atoms with Crippen LogP contribution in [0.15, 0.2) is 48.5 Å². The van der Waals surface area contributed by atoms with Crippen LogP contribution in [0.2, 0.25) is 0 Å². The van der Waals surface area contributed by atoms with Gasteiger partial charge in [0.1, 0.15) is 5.82 Å². The number of benzene rings is 2. The van der Waals surface area contributed by atoms with Gasteiger partial charge in [0.25, 0.3) is 0 Å². The van der Waals surface area contributed by atoms with Gasteiger partial charge in [0.15, 0.2) is 5.78 Å². The standard InChI is InChI=1S/C19H21FN2O2/c1-13(22(3)12-16-6-4-5-7-18(16)20)19(24)21-17-10-8-15(9-11-17)14(2)23/h4-11,13H,12H2,1-3H3,(H,21,24)/t13-/m0/s1. The van der Waals surface area contributed by atoms with Crippen LogP contribution in [0.4, 0.5) is 10.1 Å². The molecule has 0 fully saturated rings. The molecule has 0 aliphatic carbocycles. The van der Waals surface area contributed by atoms with Gasteiger partial charge in [0.2, 0.25) is 5.91 Å². The average molecular weight is 328 g/mol. The van der Waals surface area contributed by atoms with Gasteiger partial charge in [-0.05, 0) is 51.2 Å². The predicted molar refractivity (Wildman–Crippen MR) is 92.4 cm³/mol. The summed E-state index contributed by atoms with van der Waals surface area (Å²) in [5, 5.41) is 2.80. The maximum Gasteiger partial charge on any atom is 0.241 e. The van der Waals surface area contributed by atoms with Crippen LogP contribution >= 0.6 is 0 Å². The fourth-order valence-corrected chi connectivity index (χ4v) is 2.27. The molecule has 126 valence electrons. The number of anilines is 1. The molecule has 0 aromatic heterocycles. The Morgan fingerprint density at radius 1 is 1.12 bits per heavy atom. The van der Waals surface area contributed by atoms with E-state index in [4.69, 9.17) is 0 Å². The molecule has 2 aromatic carbocycles. The number of carbonyl (C=O) groups is 2. The molecular formula is C19H21FN2O2. The van der Waals surface area contributed by atoms with Gasteiger partial charge in [0, 0.05) is 23.4 Å². The molecule has 0 heterocycles. The van der Waals surface area contributed by atoms with E-state index in [9.17, 15) is 14.0 Å². The largest absolute Gasteiger partial charge is 0.325 e. The second kappa shape index (κ2) is 7.84. The van der Waals surface area contributed by atoms with Crippen LogP contribution in [0.25, 0.3) is 0 Å². The van der Waals surface area contributed by atoms with Gasteiger partial charge in [-0.2, -0.15) is 0 Å². The number of Topliss-reactive ketones (excluding diaryl/α,β-unsaturated/α-hetero) is 1. The zero-order valence-corrected chi connectivity index (χ0v) is 14.0. The molecule has 0 saturated carbocycles. The van der Waals surface area contributed by atoms with Crippen molar-refractivity contribution in [2.75, 3.05) is 12.4 Å². The maximum absolute atomic E-state index is 13.7. The Hall–Kier alpha value is -2.53. The smallest absolute Gasteiger partial charge is 0.241 e. The van der Waals surface area contributed by atoms with Crippen LogP contribution in [0.1, 0.15) is 29.8 Å². The number of hydrogen-bond donors (Lipinski definition) is 1. The normalized spacial score (nSPS) is 12.0. The van der Waals surface area contributed by atoms with Gasteiger partial charge in [-0.3, -0.25) is 14.5 Å². The summed E-state index contributed by atoms with van der Waals surface area (Å²) in [6, 6.07) is 12.8. The molecule has 0 aliphatic rings. The lowest BCUT2D eigenvalue weighted by Crippen LogP contribution is -2.39. The highest BCUT2D eigenvalue weighted by Crippen LogP contribution is 2.14. The first-order chi connectivity index (χ1) is 11.4. The van der Waals surface area contributed by atoms with Crippen molar-refractivity contribution in [3.8, 4) is 0 Å². The van der Waals surface area contributed by atoms with Crippen LogP contribution in [0.3, 0.4) is 0 Å². The molecule has 2 rings (SSSR count). The third-order valence-corrected chi connectivity index (χ3v) is 3.98. The highest BCUT2D eigenvalue weighted by atomic mass is 19.1. The second-order valence-electron chi connectivity index (χ2n) is 5.81. The van der Waals surface area contributed by atoms with Gasteiger partial charge >= 0.3 is 0 Å². The van der Waals surface area contributed by atoms with Crippen molar-refractivity contribution in [3.63, 3.8) is 0 Å². The van der Waals surface area contributed by atoms with Crippen molar-refractivity contribution in [3.05, 3.63) is 65.5 Å². The fourth-order valence-electron chi connectivity index (χ4n) is 2.27. The summed E-state index contributed by atoms with van der Waals surface area (Å²) in [4.78, 5) is 25.4. The lowest BCUT2D eigenvalue weighted by molar-refractivity contribution is -0.120. The second-order valence-corrected chi connectivity index (χ2v) is 5.81. The minimum atomic E-state index is -0.433. The molecule has 0 saturated heterocycles. The number of nitrogens with one attached hydrogen (secondary N) is 1. The van der Waals surface area contributed by atoms with Crippen molar-refractivity contribution in [1.29, 1.82) is 0 Å². The van der Waals surface area contributed by atoms with Crippen molar-refractivity contribution >= 4 is 17.4 Å². The minimum Gasteiger partial charge on any atom is -0.325 e. The van der Waals surface area contributed by atoms with E-state index in [-0.39, 0.29) is 17.5 Å². The first kappa shape index (κ1) is 17.8. The van der Waals surface area contributed by atoms with E-state index >= 15 is 0 Å². The summed E-state index contributed by atoms with van der Waals surface area (Å²) in [5.41, 5.74) is 1.76. The first-order valence-electron chi connectivity index (χ1n) is 7.74. The molecule has 1 N–H and O–H groups in total. The Labute approximate surface area is 141 Å². The first-order valence-corrected chi connectivity index (χ1v) is 7.74. The number of rotatable bonds is 6. The molecule has 0 radical (unpaired) electrons. The molecule has 2 aromatic rings. The SMILES string of the molecule is CC(=O)c1ccc(NC(=O)[C@H](C)N(C)Cc2ccccc2F)cc1. The molecule has 5 heteroatoms. The lowest BCUT2D eigenvalue weighted by atomic mass is 10.1. The molecule has 0 unspecified atom stereocenters. The van der Waals surface area contributed by atoms with E-state index in [1.807, 2.05) is 0 Å². The average Bonchev–Trinajstić information content (AvgIpc) is 2.56. The number of ketones is 1. The van der Waals surface area contributed by atoms with Crippen molar-refractivity contribution in [2.45, 2.75) is 26.4 Å². The summed E-state index contributed by atoms with van der Waals surface area (Å²) < 4.78 is 13.7. The topological polar surface area (TPSA) is 49.4 Å². The number of halogens is 1. The Kier molecular flexibility index (Phi) is 5.82. The van der Waals surface area contributed by atoms with E-state index < -0.39 is 6.04 Å². The Bertz CT molecular complexity index is 728. The third-order valence-electron chi connectivity index (χ3n) is 3.98. The van der Waals surface area contributed by atoms with E-state index in [1.54, 1.807) is 61.3 Å². The summed E-state index contributed by atoms with van der Waals surface area (Å²) in [7, 11) is 1.77. The highest BCUT2D eigenvalue weighted by Gasteiger charge is 2.19. The van der Waals surface area contributed by atoms with Crippen LogP contribution < -0.4 is 5.32 Å². The fraction of sp³-hybridized carbons (Fsp3) is 0.263. The number of likely N-dealkylation sites (N-methyl/N-ethyl adjacent to an activating group) is 1. The van der Waals surface area contributed by atoms with E-state index in [2.05, 4.69) is 5.32 Å². The van der Waals surface area contributed by atoms with E-state index in [0.29, 0.717) is 23.4 Å². The van der Waals surface area contributed by atoms with Gasteiger partial charge in [-0.15, -0.1) is 0 Å². The molecule has 1 amide bonds. The zero-order chi connectivity index (χ0) is 17.7. The molecule has 4 nitrogen and oxygen atoms in total. The number of nitrogens with zero attached hydrogens (tertiary/aromatic N) is 1. The lowest BCUT2D eigenvalue weighted by Gasteiger charge is -2.24. The Balaban J connectivity index is 1.98. The summed E-state index contributed by atoms with van der Waals surface area (Å²) in [6.07, 6.45) is 0. The molecule has 0 aliphatic heterocycles. The summed E-state index contributed by atoms with van der Waals surface area (Å²) >= 11 is 0. The van der Waals surface area contributed by atoms with Gasteiger partial charge < -0.3 is 5.32 Å². The van der Waals surface area contributed by atoms with Crippen LogP contribution in [0, 0.1) is 5.82 Å². The number of amides is 1. The number of carbonyl (C=O) groups excluding carboxylic acids is 2. The molecule has 0 bridgehead atoms. The van der Waals surface area contributed by atoms with E-state index in [0.717, 1.165) is 0 Å². The van der Waals surface area contributed by atoms with Crippen LogP contribution in [-0.4, -0.2) is 29.7 Å². The number of hydrogen-bond acceptors (Lipinski definition) is 3. The summed E-state index contributed by atoms with van der Waals surface area (Å²) in [6.45, 7) is 3.60. The minimum absolute atomic E-state index is 0.0223. The van der Waals surface area contributed by atoms with Crippen molar-refractivity contribution in [2.24, 2.45) is 0 Å². The van der Waals surface area contributed by atoms with Crippen LogP contribution in [-0.2, 0) is 11.3 Å². The monoisotopic (exact) mass is 328 g/mol. The zero-order valence-electron chi connectivity index (χ0n) is 14.0. The highest BCUT2D eigenvalue weighted by molar-refractivity contribution is 5.96. The Morgan fingerprint density at radius 2 is 1.75 bits per heavy atom. The van der Waals surface area contributed by atoms with Crippen LogP contribution in [0.5, 0.6) is 0 Å². The van der Waals surface area contributed by atoms with Gasteiger partial charge in [-0.1, -0.05) is 18.2 Å². The maximum atomic E-state index is 13.7. The van der Waals surface area contributed by atoms with E-state index in [1.165, 1.54) is 13.0 Å². The third kappa shape index (κ3) is 4.49. The molecule has 24 heavy (non-hydrogen) atoms. The van der Waals surface area contributed by atoms with Crippen molar-refractivity contribution < 1.29 is 14.0 Å². The molecule has 1 atom stereocenters.